The van der Waals surface area contributed by atoms with Crippen LogP contribution in [0, 0.1) is 0 Å². The number of aliphatic hydroxyl groups excluding tert-OH is 1. The summed E-state index contributed by atoms with van der Waals surface area (Å²) in [4.78, 5) is 0. The molecule has 0 fully saturated rings. The van der Waals surface area contributed by atoms with Crippen LogP contribution in [-0.4, -0.2) is 26.1 Å². The maximum absolute atomic E-state index is 9.09. The minimum absolute atomic E-state index is 0.107. The molecule has 25 heavy (non-hydrogen) atoms. The number of hydrogen-bond acceptors (Lipinski definition) is 2. The molecule has 0 aliphatic rings. The number of hydrogen-bond donors (Lipinski definition) is 1. The Bertz CT molecular complexity index is 331. The monoisotopic (exact) mass is 370 g/mol. The van der Waals surface area contributed by atoms with Crippen LogP contribution < -0.4 is 0 Å². The quantitative estimate of drug-likeness (QED) is 0.187. The van der Waals surface area contributed by atoms with Crippen molar-refractivity contribution in [2.75, 3.05) is 6.61 Å². The van der Waals surface area contributed by atoms with Crippen LogP contribution in [0.4, 0.5) is 0 Å². The molecule has 0 aromatic rings. The smallest absolute Gasteiger partial charge is 0.192 e. The fourth-order valence-corrected chi connectivity index (χ4v) is 4.10. The second kappa shape index (κ2) is 14.0. The second-order valence-corrected chi connectivity index (χ2v) is 13.8. The van der Waals surface area contributed by atoms with Crippen molar-refractivity contribution in [1.82, 2.24) is 0 Å². The lowest BCUT2D eigenvalue weighted by atomic mass is 10.0. The van der Waals surface area contributed by atoms with Gasteiger partial charge in [0.05, 0.1) is 12.7 Å². The Kier molecular flexibility index (Phi) is 13.9. The fraction of sp³-hybridized carbons (Fsp3) is 0.909. The molecule has 0 rings (SSSR count). The summed E-state index contributed by atoms with van der Waals surface area (Å²) in [5.41, 5.74) is 0. The molecular weight excluding hydrogens is 324 g/mol. The fourth-order valence-electron chi connectivity index (χ4n) is 2.80. The molecule has 0 unspecified atom stereocenters. The van der Waals surface area contributed by atoms with Crippen molar-refractivity contribution in [3.05, 3.63) is 12.2 Å². The van der Waals surface area contributed by atoms with Crippen LogP contribution in [0.1, 0.15) is 98.3 Å². The van der Waals surface area contributed by atoms with E-state index in [1.54, 1.807) is 0 Å². The van der Waals surface area contributed by atoms with Gasteiger partial charge in [-0.25, -0.2) is 0 Å². The molecule has 0 aromatic carbocycles. The number of unbranched alkanes of at least 4 members (excludes halogenated alkanes) is 9. The van der Waals surface area contributed by atoms with Gasteiger partial charge in [-0.15, -0.1) is 0 Å². The first kappa shape index (κ1) is 24.9. The molecule has 0 spiro atoms. The molecule has 0 aliphatic carbocycles. The largest absolute Gasteiger partial charge is 0.411 e. The van der Waals surface area contributed by atoms with Gasteiger partial charge in [0.15, 0.2) is 8.32 Å². The Labute approximate surface area is 159 Å². The molecule has 0 aliphatic heterocycles. The molecule has 150 valence electrons. The first-order valence-electron chi connectivity index (χ1n) is 10.7. The molecule has 0 saturated heterocycles. The maximum Gasteiger partial charge on any atom is 0.192 e. The van der Waals surface area contributed by atoms with E-state index in [0.29, 0.717) is 0 Å². The molecule has 2 nitrogen and oxygen atoms in total. The maximum atomic E-state index is 9.09. The Morgan fingerprint density at radius 3 is 1.80 bits per heavy atom. The van der Waals surface area contributed by atoms with Gasteiger partial charge in [-0.2, -0.15) is 0 Å². The summed E-state index contributed by atoms with van der Waals surface area (Å²) >= 11 is 0. The average molecular weight is 371 g/mol. The lowest BCUT2D eigenvalue weighted by molar-refractivity contribution is 0.209. The van der Waals surface area contributed by atoms with Gasteiger partial charge >= 0.3 is 0 Å². The van der Waals surface area contributed by atoms with Crippen molar-refractivity contribution in [3.8, 4) is 0 Å². The van der Waals surface area contributed by atoms with E-state index in [2.05, 4.69) is 46.9 Å². The summed E-state index contributed by atoms with van der Waals surface area (Å²) in [5, 5.41) is 9.32. The highest BCUT2D eigenvalue weighted by atomic mass is 28.4. The first-order valence-corrected chi connectivity index (χ1v) is 13.6. The highest BCUT2D eigenvalue weighted by molar-refractivity contribution is 6.74. The van der Waals surface area contributed by atoms with E-state index in [9.17, 15) is 0 Å². The Morgan fingerprint density at radius 2 is 1.36 bits per heavy atom. The van der Waals surface area contributed by atoms with Gasteiger partial charge in [-0.1, -0.05) is 104 Å². The zero-order valence-corrected chi connectivity index (χ0v) is 19.1. The van der Waals surface area contributed by atoms with E-state index in [1.165, 1.54) is 64.2 Å². The molecule has 0 amide bonds. The summed E-state index contributed by atoms with van der Waals surface area (Å²) in [6.45, 7) is 13.9. The second-order valence-electron chi connectivity index (χ2n) is 9.00. The van der Waals surface area contributed by atoms with Crippen molar-refractivity contribution in [2.24, 2.45) is 0 Å². The normalized spacial score (nSPS) is 14.4. The lowest BCUT2D eigenvalue weighted by Crippen LogP contribution is -2.43. The topological polar surface area (TPSA) is 29.5 Å². The van der Waals surface area contributed by atoms with Crippen LogP contribution in [0.25, 0.3) is 0 Å². The molecule has 0 radical (unpaired) electrons. The molecule has 3 heteroatoms. The van der Waals surface area contributed by atoms with Crippen molar-refractivity contribution in [2.45, 2.75) is 123 Å². The van der Waals surface area contributed by atoms with E-state index in [-0.39, 0.29) is 17.7 Å². The summed E-state index contributed by atoms with van der Waals surface area (Å²) < 4.78 is 6.53. The van der Waals surface area contributed by atoms with E-state index in [4.69, 9.17) is 9.53 Å². The first-order chi connectivity index (χ1) is 11.7. The zero-order chi connectivity index (χ0) is 19.2. The predicted octanol–water partition coefficient (Wildman–Crippen LogP) is 7.24. The number of rotatable bonds is 15. The Balaban J connectivity index is 4.00. The average Bonchev–Trinajstić information content (AvgIpc) is 2.52. The third kappa shape index (κ3) is 12.8. The molecule has 0 heterocycles. The van der Waals surface area contributed by atoms with Gasteiger partial charge in [0.25, 0.3) is 0 Å². The van der Waals surface area contributed by atoms with Crippen molar-refractivity contribution >= 4 is 8.32 Å². The van der Waals surface area contributed by atoms with E-state index < -0.39 is 8.32 Å². The number of aliphatic hydroxyl groups is 1. The van der Waals surface area contributed by atoms with Crippen LogP contribution in [0.2, 0.25) is 18.1 Å². The van der Waals surface area contributed by atoms with Crippen molar-refractivity contribution < 1.29 is 9.53 Å². The van der Waals surface area contributed by atoms with Gasteiger partial charge in [-0.3, -0.25) is 0 Å². The molecule has 0 saturated carbocycles. The van der Waals surface area contributed by atoms with Crippen molar-refractivity contribution in [1.29, 1.82) is 0 Å². The molecule has 0 bridgehead atoms. The molecular formula is C22H46O2Si. The summed E-state index contributed by atoms with van der Waals surface area (Å²) in [7, 11) is -1.75. The highest BCUT2D eigenvalue weighted by Crippen LogP contribution is 2.38. The lowest BCUT2D eigenvalue weighted by Gasteiger charge is -2.38. The van der Waals surface area contributed by atoms with Crippen LogP contribution in [0.5, 0.6) is 0 Å². The minimum atomic E-state index is -1.75. The predicted molar refractivity (Wildman–Crippen MR) is 115 cm³/mol. The van der Waals surface area contributed by atoms with E-state index >= 15 is 0 Å². The van der Waals surface area contributed by atoms with Gasteiger partial charge in [0.2, 0.25) is 0 Å². The summed E-state index contributed by atoms with van der Waals surface area (Å²) in [5.74, 6) is 0. The van der Waals surface area contributed by atoms with Gasteiger partial charge in [0, 0.05) is 0 Å². The SMILES string of the molecule is CCCCCCCCCCCC[C@H](/C=C/CO)O[Si](C)(C)C(C)(C)C. The van der Waals surface area contributed by atoms with Crippen LogP contribution in [0.3, 0.4) is 0 Å². The standard InChI is InChI=1S/C22H46O2Si/c1-7-8-9-10-11-12-13-14-15-16-18-21(19-17-20-23)24-25(5,6)22(2,3)4/h17,19,21,23H,7-16,18,20H2,1-6H3/b19-17+/t21-/m1/s1. The van der Waals surface area contributed by atoms with E-state index in [0.717, 1.165) is 6.42 Å². The Morgan fingerprint density at radius 1 is 0.880 bits per heavy atom. The summed E-state index contributed by atoms with van der Waals surface area (Å²) in [6, 6.07) is 0. The molecule has 1 atom stereocenters. The van der Waals surface area contributed by atoms with Crippen molar-refractivity contribution in [3.63, 3.8) is 0 Å². The molecule has 1 N–H and O–H groups in total. The van der Waals surface area contributed by atoms with Crippen LogP contribution in [-0.2, 0) is 4.43 Å². The minimum Gasteiger partial charge on any atom is -0.411 e. The van der Waals surface area contributed by atoms with E-state index in [1.807, 2.05) is 6.08 Å². The molecule has 0 aromatic heterocycles. The van der Waals surface area contributed by atoms with Crippen LogP contribution in [0.15, 0.2) is 12.2 Å². The van der Waals surface area contributed by atoms with Crippen LogP contribution >= 0.6 is 0 Å². The third-order valence-electron chi connectivity index (χ3n) is 5.55. The van der Waals surface area contributed by atoms with Gasteiger partial charge < -0.3 is 9.53 Å². The van der Waals surface area contributed by atoms with Gasteiger partial charge in [0.1, 0.15) is 0 Å². The Hall–Kier alpha value is -0.123. The zero-order valence-electron chi connectivity index (χ0n) is 18.1. The third-order valence-corrected chi connectivity index (χ3v) is 10.1. The highest BCUT2D eigenvalue weighted by Gasteiger charge is 2.38. The summed E-state index contributed by atoms with van der Waals surface area (Å²) in [6.07, 6.45) is 18.8. The van der Waals surface area contributed by atoms with Gasteiger partial charge in [-0.05, 0) is 24.6 Å².